The molecule has 0 aliphatic carbocycles. The van der Waals surface area contributed by atoms with Crippen LogP contribution >= 0.6 is 23.2 Å². The van der Waals surface area contributed by atoms with Gasteiger partial charge in [-0.2, -0.15) is 0 Å². The van der Waals surface area contributed by atoms with Gasteiger partial charge >= 0.3 is 0 Å². The summed E-state index contributed by atoms with van der Waals surface area (Å²) in [6.07, 6.45) is 3.41. The number of hydrogen-bond acceptors (Lipinski definition) is 6. The molecule has 4 rings (SSSR count). The molecule has 9 heteroatoms. The van der Waals surface area contributed by atoms with E-state index >= 15 is 0 Å². The van der Waals surface area contributed by atoms with E-state index in [0.29, 0.717) is 65.6 Å². The van der Waals surface area contributed by atoms with Gasteiger partial charge < -0.3 is 9.80 Å². The molecule has 2 aliphatic rings. The average molecular weight is 432 g/mol. The van der Waals surface area contributed by atoms with Crippen LogP contribution in [0.4, 0.5) is 5.95 Å². The maximum absolute atomic E-state index is 13.1. The number of halogens is 2. The highest BCUT2D eigenvalue weighted by Crippen LogP contribution is 2.36. The molecule has 1 aromatic heterocycles. The Morgan fingerprint density at radius 2 is 1.62 bits per heavy atom. The summed E-state index contributed by atoms with van der Waals surface area (Å²) in [6, 6.07) is 6.72. The lowest BCUT2D eigenvalue weighted by molar-refractivity contribution is -0.137. The molecular weight excluding hydrogens is 413 g/mol. The van der Waals surface area contributed by atoms with Gasteiger partial charge in [-0.05, 0) is 25.1 Å². The van der Waals surface area contributed by atoms with E-state index in [1.807, 2.05) is 4.90 Å². The van der Waals surface area contributed by atoms with Gasteiger partial charge in [0.05, 0.1) is 10.6 Å². The van der Waals surface area contributed by atoms with Crippen molar-refractivity contribution in [2.45, 2.75) is 6.92 Å². The minimum atomic E-state index is -0.328. The molecule has 0 spiro atoms. The summed E-state index contributed by atoms with van der Waals surface area (Å²) in [5, 5.41) is 0.821. The first-order valence-electron chi connectivity index (χ1n) is 9.34. The Morgan fingerprint density at radius 3 is 2.24 bits per heavy atom. The van der Waals surface area contributed by atoms with Crippen molar-refractivity contribution in [3.63, 3.8) is 0 Å². The number of benzene rings is 1. The molecule has 2 aliphatic heterocycles. The third-order valence-electron chi connectivity index (χ3n) is 5.09. The summed E-state index contributed by atoms with van der Waals surface area (Å²) in [4.78, 5) is 39.9. The largest absolute Gasteiger partial charge is 0.363 e. The number of amides is 2. The molecule has 150 valence electrons. The number of nitrogens with zero attached hydrogens (tertiary/aromatic N) is 5. The highest BCUT2D eigenvalue weighted by molar-refractivity contribution is 6.41. The van der Waals surface area contributed by atoms with E-state index in [1.54, 1.807) is 43.6 Å². The van der Waals surface area contributed by atoms with Crippen LogP contribution in [-0.2, 0) is 9.59 Å². The first-order chi connectivity index (χ1) is 14.0. The van der Waals surface area contributed by atoms with Gasteiger partial charge in [0.25, 0.3) is 11.8 Å². The van der Waals surface area contributed by atoms with Gasteiger partial charge in [-0.25, -0.2) is 9.97 Å². The normalized spacial score (nSPS) is 17.6. The van der Waals surface area contributed by atoms with Gasteiger partial charge in [0.2, 0.25) is 5.95 Å². The average Bonchev–Trinajstić information content (AvgIpc) is 2.98. The molecular formula is C20H19Cl2N5O2. The summed E-state index contributed by atoms with van der Waals surface area (Å²) in [6.45, 7) is 4.50. The predicted molar refractivity (Wildman–Crippen MR) is 112 cm³/mol. The molecule has 3 heterocycles. The molecule has 2 amide bonds. The monoisotopic (exact) mass is 431 g/mol. The molecule has 1 aromatic carbocycles. The smallest absolute Gasteiger partial charge is 0.277 e. The Morgan fingerprint density at radius 1 is 0.966 bits per heavy atom. The zero-order chi connectivity index (χ0) is 20.5. The van der Waals surface area contributed by atoms with Gasteiger partial charge in [-0.1, -0.05) is 29.3 Å². The van der Waals surface area contributed by atoms with Crippen LogP contribution in [0.3, 0.4) is 0 Å². The van der Waals surface area contributed by atoms with E-state index in [1.165, 1.54) is 4.90 Å². The number of carbonyl (C=O) groups is 2. The van der Waals surface area contributed by atoms with Crippen LogP contribution in [0.25, 0.3) is 5.57 Å². The van der Waals surface area contributed by atoms with Crippen molar-refractivity contribution in [1.29, 1.82) is 0 Å². The number of likely N-dealkylation sites (N-methyl/N-ethyl adjacent to an activating group) is 1. The number of aromatic nitrogens is 2. The Labute approximate surface area is 178 Å². The van der Waals surface area contributed by atoms with Gasteiger partial charge in [0.15, 0.2) is 0 Å². The molecule has 1 fully saturated rings. The third kappa shape index (κ3) is 3.56. The first-order valence-corrected chi connectivity index (χ1v) is 10.1. The minimum Gasteiger partial charge on any atom is -0.363 e. The fourth-order valence-corrected chi connectivity index (χ4v) is 4.17. The highest BCUT2D eigenvalue weighted by Gasteiger charge is 2.42. The van der Waals surface area contributed by atoms with E-state index < -0.39 is 0 Å². The molecule has 0 saturated carbocycles. The Hall–Kier alpha value is -2.64. The zero-order valence-electron chi connectivity index (χ0n) is 15.8. The Bertz CT molecular complexity index is 988. The maximum Gasteiger partial charge on any atom is 0.277 e. The fourth-order valence-electron chi connectivity index (χ4n) is 3.66. The predicted octanol–water partition coefficient (Wildman–Crippen LogP) is 2.71. The third-order valence-corrected chi connectivity index (χ3v) is 5.64. The zero-order valence-corrected chi connectivity index (χ0v) is 17.3. The van der Waals surface area contributed by atoms with Crippen LogP contribution < -0.4 is 4.90 Å². The van der Waals surface area contributed by atoms with Crippen molar-refractivity contribution in [2.75, 3.05) is 37.6 Å². The van der Waals surface area contributed by atoms with Crippen molar-refractivity contribution < 1.29 is 9.59 Å². The lowest BCUT2D eigenvalue weighted by Gasteiger charge is -2.36. The topological polar surface area (TPSA) is 69.6 Å². The van der Waals surface area contributed by atoms with Crippen LogP contribution in [0.5, 0.6) is 0 Å². The van der Waals surface area contributed by atoms with E-state index in [4.69, 9.17) is 23.2 Å². The molecule has 1 saturated heterocycles. The lowest BCUT2D eigenvalue weighted by Crippen LogP contribution is -2.48. The van der Waals surface area contributed by atoms with Gasteiger partial charge in [-0.15, -0.1) is 0 Å². The van der Waals surface area contributed by atoms with Crippen molar-refractivity contribution >= 4 is 46.5 Å². The van der Waals surface area contributed by atoms with Gasteiger partial charge in [0.1, 0.15) is 5.70 Å². The van der Waals surface area contributed by atoms with E-state index in [0.717, 1.165) is 0 Å². The number of carbonyl (C=O) groups excluding carboxylic acids is 2. The summed E-state index contributed by atoms with van der Waals surface area (Å²) < 4.78 is 0. The molecule has 7 nitrogen and oxygen atoms in total. The Kier molecular flexibility index (Phi) is 5.43. The van der Waals surface area contributed by atoms with Crippen molar-refractivity contribution in [2.24, 2.45) is 0 Å². The van der Waals surface area contributed by atoms with E-state index in [2.05, 4.69) is 14.9 Å². The standard InChI is InChI=1S/C20H19Cl2N5O2/c1-2-27-18(28)16(14-5-4-13(21)12-15(14)22)17(19(27)29)25-8-10-26(11-9-25)20-23-6-3-7-24-20/h3-7,12H,2,8-11H2,1H3. The number of imide groups is 1. The molecule has 0 atom stereocenters. The maximum atomic E-state index is 13.1. The SMILES string of the molecule is CCN1C(=O)C(c2ccc(Cl)cc2Cl)=C(N2CCN(c3ncccn3)CC2)C1=O. The van der Waals surface area contributed by atoms with Crippen LogP contribution in [-0.4, -0.2) is 64.3 Å². The quantitative estimate of drug-likeness (QED) is 0.693. The van der Waals surface area contributed by atoms with E-state index in [-0.39, 0.29) is 11.8 Å². The fraction of sp³-hybridized carbons (Fsp3) is 0.300. The van der Waals surface area contributed by atoms with Crippen molar-refractivity contribution in [1.82, 2.24) is 19.8 Å². The lowest BCUT2D eigenvalue weighted by atomic mass is 10.0. The van der Waals surface area contributed by atoms with Crippen molar-refractivity contribution in [3.05, 3.63) is 58.0 Å². The minimum absolute atomic E-state index is 0.289. The molecule has 2 aromatic rings. The van der Waals surface area contributed by atoms with Crippen LogP contribution in [0.15, 0.2) is 42.4 Å². The molecule has 0 unspecified atom stereocenters. The van der Waals surface area contributed by atoms with Gasteiger partial charge in [-0.3, -0.25) is 14.5 Å². The number of piperazine rings is 1. The van der Waals surface area contributed by atoms with Crippen LogP contribution in [0.1, 0.15) is 12.5 Å². The first kappa shape index (κ1) is 19.7. The van der Waals surface area contributed by atoms with Crippen LogP contribution in [0, 0.1) is 0 Å². The summed E-state index contributed by atoms with van der Waals surface area (Å²) in [7, 11) is 0. The second kappa shape index (κ2) is 8.00. The molecule has 0 radical (unpaired) electrons. The summed E-state index contributed by atoms with van der Waals surface area (Å²) in [5.41, 5.74) is 1.26. The number of anilines is 1. The number of rotatable bonds is 4. The summed E-state index contributed by atoms with van der Waals surface area (Å²) in [5.74, 6) is 0.0413. The molecule has 29 heavy (non-hydrogen) atoms. The molecule has 0 N–H and O–H groups in total. The van der Waals surface area contributed by atoms with Gasteiger partial charge in [0, 0.05) is 55.7 Å². The number of hydrogen-bond donors (Lipinski definition) is 0. The Balaban J connectivity index is 1.68. The second-order valence-electron chi connectivity index (χ2n) is 6.73. The highest BCUT2D eigenvalue weighted by atomic mass is 35.5. The summed E-state index contributed by atoms with van der Waals surface area (Å²) >= 11 is 12.4. The molecule has 0 bridgehead atoms. The van der Waals surface area contributed by atoms with Crippen molar-refractivity contribution in [3.8, 4) is 0 Å². The van der Waals surface area contributed by atoms with Crippen LogP contribution in [0.2, 0.25) is 10.0 Å². The van der Waals surface area contributed by atoms with E-state index in [9.17, 15) is 9.59 Å². The second-order valence-corrected chi connectivity index (χ2v) is 7.57.